The Balaban J connectivity index is 1.40. The molecule has 5 rings (SSSR count). The van der Waals surface area contributed by atoms with Crippen molar-refractivity contribution < 1.29 is 4.52 Å². The van der Waals surface area contributed by atoms with Crippen molar-refractivity contribution in [1.82, 2.24) is 24.6 Å². The standard InChI is InChI=1S/C24H31N5O/c1-18-8-10-19(11-9-18)24(12-4-5-13-24)23-26-21(30-27-23)17-29-15-6-3-7-20(29)22-25-14-16-28(22)2/h8-11,14,16,20H,3-7,12-13,15,17H2,1-2H3/t20-/m0/s1. The van der Waals surface area contributed by atoms with Gasteiger partial charge in [-0.3, -0.25) is 4.90 Å². The third-order valence-corrected chi connectivity index (χ3v) is 7.07. The molecule has 0 bridgehead atoms. The first-order chi connectivity index (χ1) is 14.7. The van der Waals surface area contributed by atoms with Crippen molar-refractivity contribution in [3.05, 3.63) is 65.3 Å². The van der Waals surface area contributed by atoms with Crippen molar-refractivity contribution in [3.63, 3.8) is 0 Å². The van der Waals surface area contributed by atoms with Gasteiger partial charge < -0.3 is 9.09 Å². The summed E-state index contributed by atoms with van der Waals surface area (Å²) in [5, 5.41) is 4.51. The van der Waals surface area contributed by atoms with Crippen LogP contribution in [0.15, 0.2) is 41.2 Å². The zero-order chi connectivity index (χ0) is 20.6. The average Bonchev–Trinajstić information content (AvgIpc) is 3.50. The molecule has 158 valence electrons. The number of imidazole rings is 1. The molecular formula is C24H31N5O. The molecule has 1 saturated heterocycles. The Labute approximate surface area is 178 Å². The fraction of sp³-hybridized carbons (Fsp3) is 0.542. The van der Waals surface area contributed by atoms with Gasteiger partial charge in [0.05, 0.1) is 18.0 Å². The van der Waals surface area contributed by atoms with Crippen LogP contribution in [-0.2, 0) is 19.0 Å². The molecule has 0 unspecified atom stereocenters. The van der Waals surface area contributed by atoms with Crippen LogP contribution >= 0.6 is 0 Å². The Hall–Kier alpha value is -2.47. The SMILES string of the molecule is Cc1ccc(C2(c3noc(CN4CCCC[C@H]4c4nccn4C)n3)CCCC2)cc1. The van der Waals surface area contributed by atoms with Gasteiger partial charge in [-0.25, -0.2) is 4.98 Å². The molecule has 3 aromatic rings. The first-order valence-electron chi connectivity index (χ1n) is 11.3. The molecule has 0 radical (unpaired) electrons. The van der Waals surface area contributed by atoms with Crippen LogP contribution in [-0.4, -0.2) is 31.1 Å². The minimum absolute atomic E-state index is 0.101. The second-order valence-electron chi connectivity index (χ2n) is 9.05. The van der Waals surface area contributed by atoms with Crippen LogP contribution in [0.2, 0.25) is 0 Å². The maximum Gasteiger partial charge on any atom is 0.240 e. The predicted octanol–water partition coefficient (Wildman–Crippen LogP) is 4.70. The summed E-state index contributed by atoms with van der Waals surface area (Å²) in [6, 6.07) is 9.20. The lowest BCUT2D eigenvalue weighted by Crippen LogP contribution is -2.34. The van der Waals surface area contributed by atoms with E-state index in [1.807, 2.05) is 12.4 Å². The van der Waals surface area contributed by atoms with Crippen molar-refractivity contribution in [2.45, 2.75) is 69.9 Å². The van der Waals surface area contributed by atoms with E-state index in [0.29, 0.717) is 12.6 Å². The fourth-order valence-corrected chi connectivity index (χ4v) is 5.35. The Bertz CT molecular complexity index is 983. The summed E-state index contributed by atoms with van der Waals surface area (Å²) in [4.78, 5) is 12.0. The third-order valence-electron chi connectivity index (χ3n) is 7.07. The molecule has 30 heavy (non-hydrogen) atoms. The first kappa shape index (κ1) is 19.5. The molecule has 0 N–H and O–H groups in total. The van der Waals surface area contributed by atoms with Crippen molar-refractivity contribution in [2.75, 3.05) is 6.54 Å². The highest BCUT2D eigenvalue weighted by Gasteiger charge is 2.41. The summed E-state index contributed by atoms with van der Waals surface area (Å²) >= 11 is 0. The smallest absolute Gasteiger partial charge is 0.240 e. The van der Waals surface area contributed by atoms with Crippen molar-refractivity contribution >= 4 is 0 Å². The predicted molar refractivity (Wildman–Crippen MR) is 115 cm³/mol. The molecule has 0 spiro atoms. The lowest BCUT2D eigenvalue weighted by Gasteiger charge is -2.34. The number of hydrogen-bond acceptors (Lipinski definition) is 5. The molecule has 6 nitrogen and oxygen atoms in total. The highest BCUT2D eigenvalue weighted by Crippen LogP contribution is 2.45. The van der Waals surface area contributed by atoms with Crippen molar-refractivity contribution in [3.8, 4) is 0 Å². The van der Waals surface area contributed by atoms with E-state index in [2.05, 4.69) is 57.8 Å². The molecule has 1 atom stereocenters. The van der Waals surface area contributed by atoms with E-state index in [1.54, 1.807) is 0 Å². The lowest BCUT2D eigenvalue weighted by molar-refractivity contribution is 0.116. The zero-order valence-corrected chi connectivity index (χ0v) is 18.0. The maximum atomic E-state index is 5.82. The van der Waals surface area contributed by atoms with Gasteiger partial charge in [-0.1, -0.05) is 54.2 Å². The Morgan fingerprint density at radius 1 is 1.10 bits per heavy atom. The van der Waals surface area contributed by atoms with Gasteiger partial charge in [-0.2, -0.15) is 4.98 Å². The quantitative estimate of drug-likeness (QED) is 0.616. The average molecular weight is 406 g/mol. The number of aryl methyl sites for hydroxylation is 2. The van der Waals surface area contributed by atoms with Gasteiger partial charge in [0.15, 0.2) is 5.82 Å². The molecular weight excluding hydrogens is 374 g/mol. The second-order valence-corrected chi connectivity index (χ2v) is 9.05. The summed E-state index contributed by atoms with van der Waals surface area (Å²) in [5.74, 6) is 2.72. The van der Waals surface area contributed by atoms with E-state index < -0.39 is 0 Å². The molecule has 1 aromatic carbocycles. The third kappa shape index (κ3) is 3.47. The molecule has 1 aliphatic heterocycles. The van der Waals surface area contributed by atoms with Crippen LogP contribution < -0.4 is 0 Å². The van der Waals surface area contributed by atoms with Crippen LogP contribution in [0.25, 0.3) is 0 Å². The summed E-state index contributed by atoms with van der Waals surface area (Å²) in [5.41, 5.74) is 2.50. The number of piperidine rings is 1. The van der Waals surface area contributed by atoms with E-state index in [4.69, 9.17) is 9.51 Å². The normalized spacial score (nSPS) is 21.9. The van der Waals surface area contributed by atoms with Crippen LogP contribution in [0.4, 0.5) is 0 Å². The summed E-state index contributed by atoms with van der Waals surface area (Å²) in [6.07, 6.45) is 12.1. The van der Waals surface area contributed by atoms with Crippen LogP contribution in [0.1, 0.15) is 79.7 Å². The largest absolute Gasteiger partial charge is 0.338 e. The van der Waals surface area contributed by atoms with Gasteiger partial charge in [0.1, 0.15) is 5.82 Å². The number of hydrogen-bond donors (Lipinski definition) is 0. The van der Waals surface area contributed by atoms with Gasteiger partial charge >= 0.3 is 0 Å². The number of benzene rings is 1. The number of likely N-dealkylation sites (tertiary alicyclic amines) is 1. The Morgan fingerprint density at radius 3 is 2.63 bits per heavy atom. The highest BCUT2D eigenvalue weighted by atomic mass is 16.5. The van der Waals surface area contributed by atoms with E-state index in [9.17, 15) is 0 Å². The van der Waals surface area contributed by atoms with E-state index >= 15 is 0 Å². The molecule has 1 aliphatic carbocycles. The van der Waals surface area contributed by atoms with E-state index in [1.165, 1.54) is 36.8 Å². The number of nitrogens with zero attached hydrogens (tertiary/aromatic N) is 5. The lowest BCUT2D eigenvalue weighted by atomic mass is 9.78. The fourth-order valence-electron chi connectivity index (χ4n) is 5.35. The van der Waals surface area contributed by atoms with Gasteiger partial charge in [0, 0.05) is 19.4 Å². The van der Waals surface area contributed by atoms with Crippen molar-refractivity contribution in [1.29, 1.82) is 0 Å². The molecule has 1 saturated carbocycles. The molecule has 2 fully saturated rings. The maximum absolute atomic E-state index is 5.82. The van der Waals surface area contributed by atoms with Gasteiger partial charge in [-0.05, 0) is 44.7 Å². The minimum atomic E-state index is -0.101. The summed E-state index contributed by atoms with van der Waals surface area (Å²) in [6.45, 7) is 3.86. The minimum Gasteiger partial charge on any atom is -0.338 e. The second kappa shape index (κ2) is 7.99. The van der Waals surface area contributed by atoms with E-state index in [-0.39, 0.29) is 5.41 Å². The number of rotatable bonds is 5. The molecule has 3 heterocycles. The monoisotopic (exact) mass is 405 g/mol. The highest BCUT2D eigenvalue weighted by molar-refractivity contribution is 5.35. The van der Waals surface area contributed by atoms with Crippen LogP contribution in [0, 0.1) is 6.92 Å². The molecule has 6 heteroatoms. The molecule has 0 amide bonds. The molecule has 2 aromatic heterocycles. The Kier molecular flexibility index (Phi) is 5.19. The topological polar surface area (TPSA) is 60.0 Å². The van der Waals surface area contributed by atoms with Gasteiger partial charge in [-0.15, -0.1) is 0 Å². The van der Waals surface area contributed by atoms with Gasteiger partial charge in [0.2, 0.25) is 5.89 Å². The first-order valence-corrected chi connectivity index (χ1v) is 11.3. The Morgan fingerprint density at radius 2 is 1.90 bits per heavy atom. The van der Waals surface area contributed by atoms with Crippen LogP contribution in [0.5, 0.6) is 0 Å². The summed E-state index contributed by atoms with van der Waals surface area (Å²) < 4.78 is 7.95. The van der Waals surface area contributed by atoms with E-state index in [0.717, 1.165) is 43.3 Å². The number of aromatic nitrogens is 4. The van der Waals surface area contributed by atoms with Crippen LogP contribution in [0.3, 0.4) is 0 Å². The summed E-state index contributed by atoms with van der Waals surface area (Å²) in [7, 11) is 2.07. The van der Waals surface area contributed by atoms with Crippen molar-refractivity contribution in [2.24, 2.45) is 7.05 Å². The molecule has 2 aliphatic rings. The zero-order valence-electron chi connectivity index (χ0n) is 18.0. The van der Waals surface area contributed by atoms with Gasteiger partial charge in [0.25, 0.3) is 0 Å².